The third-order valence-electron chi connectivity index (χ3n) is 5.23. The first-order chi connectivity index (χ1) is 8.24. The van der Waals surface area contributed by atoms with Crippen LogP contribution in [0.5, 0.6) is 0 Å². The van der Waals surface area contributed by atoms with Crippen molar-refractivity contribution in [2.45, 2.75) is 50.1 Å². The average Bonchev–Trinajstić information content (AvgIpc) is 2.10. The van der Waals surface area contributed by atoms with Crippen LogP contribution in [0, 0.1) is 17.3 Å². The molecule has 18 heavy (non-hydrogen) atoms. The van der Waals surface area contributed by atoms with E-state index < -0.39 is 17.0 Å². The monoisotopic (exact) mass is 310 g/mol. The standard InChI is InChI=1S/C12H17Cl2O3P/c13-18(14,17)12-4-8-1-9(5-12)3-11(2-8,7-12)6-10(15)16/h8-9H,1-7H2,(H,15,16)/t8-,9-,11?,12?/m0/s1. The van der Waals surface area contributed by atoms with Crippen LogP contribution in [0.4, 0.5) is 0 Å². The molecule has 4 bridgehead atoms. The first-order valence-electron chi connectivity index (χ1n) is 6.45. The van der Waals surface area contributed by atoms with E-state index in [0.29, 0.717) is 18.3 Å². The van der Waals surface area contributed by atoms with Crippen LogP contribution in [0.2, 0.25) is 0 Å². The molecule has 0 aromatic carbocycles. The molecule has 4 aliphatic rings. The quantitative estimate of drug-likeness (QED) is 0.782. The van der Waals surface area contributed by atoms with Crippen molar-refractivity contribution >= 4 is 34.3 Å². The second-order valence-electron chi connectivity index (χ2n) is 6.72. The molecule has 0 amide bonds. The van der Waals surface area contributed by atoms with Gasteiger partial charge in [-0.2, -0.15) is 0 Å². The van der Waals surface area contributed by atoms with Crippen LogP contribution in [-0.2, 0) is 9.36 Å². The van der Waals surface area contributed by atoms with Crippen LogP contribution >= 0.6 is 28.3 Å². The number of carbonyl (C=O) groups is 1. The zero-order chi connectivity index (χ0) is 13.2. The minimum Gasteiger partial charge on any atom is -0.481 e. The zero-order valence-electron chi connectivity index (χ0n) is 10.1. The molecule has 4 rings (SSSR count). The average molecular weight is 311 g/mol. The van der Waals surface area contributed by atoms with Crippen molar-refractivity contribution in [2.24, 2.45) is 17.3 Å². The second-order valence-corrected chi connectivity index (χ2v) is 12.0. The summed E-state index contributed by atoms with van der Waals surface area (Å²) in [5.74, 6) is -3.02. The van der Waals surface area contributed by atoms with Crippen LogP contribution in [0.15, 0.2) is 0 Å². The summed E-state index contributed by atoms with van der Waals surface area (Å²) in [6.07, 6.45) is 5.51. The van der Waals surface area contributed by atoms with Crippen molar-refractivity contribution in [1.82, 2.24) is 0 Å². The molecule has 0 unspecified atom stereocenters. The normalized spacial score (nSPS) is 46.3. The van der Waals surface area contributed by atoms with Gasteiger partial charge in [-0.25, -0.2) is 0 Å². The highest BCUT2D eigenvalue weighted by atomic mass is 35.9. The van der Waals surface area contributed by atoms with Gasteiger partial charge >= 0.3 is 5.97 Å². The Hall–Kier alpha value is 0.280. The number of halogens is 2. The first kappa shape index (κ1) is 13.3. The minimum absolute atomic E-state index is 0.176. The lowest BCUT2D eigenvalue weighted by atomic mass is 9.48. The number of rotatable bonds is 3. The second kappa shape index (κ2) is 3.90. The molecule has 0 aliphatic heterocycles. The van der Waals surface area contributed by atoms with E-state index in [1.807, 2.05) is 0 Å². The highest BCUT2D eigenvalue weighted by molar-refractivity contribution is 8.09. The van der Waals surface area contributed by atoms with Crippen molar-refractivity contribution in [2.75, 3.05) is 0 Å². The molecule has 0 heterocycles. The fourth-order valence-electron chi connectivity index (χ4n) is 5.23. The maximum Gasteiger partial charge on any atom is 0.303 e. The van der Waals surface area contributed by atoms with Gasteiger partial charge in [0.1, 0.15) is 0 Å². The molecule has 2 atom stereocenters. The van der Waals surface area contributed by atoms with Gasteiger partial charge in [-0.15, -0.1) is 0 Å². The molecule has 0 aromatic rings. The molecular weight excluding hydrogens is 294 g/mol. The van der Waals surface area contributed by atoms with E-state index in [9.17, 15) is 9.36 Å². The largest absolute Gasteiger partial charge is 0.481 e. The van der Waals surface area contributed by atoms with Gasteiger partial charge in [-0.05, 0) is 78.3 Å². The van der Waals surface area contributed by atoms with Gasteiger partial charge in [-0.3, -0.25) is 9.36 Å². The molecule has 6 heteroatoms. The van der Waals surface area contributed by atoms with Gasteiger partial charge in [0, 0.05) is 0 Å². The molecule has 4 fully saturated rings. The van der Waals surface area contributed by atoms with E-state index in [1.165, 1.54) is 0 Å². The zero-order valence-corrected chi connectivity index (χ0v) is 12.5. The molecule has 1 N–H and O–H groups in total. The molecular formula is C12H17Cl2O3P. The van der Waals surface area contributed by atoms with E-state index in [4.69, 9.17) is 27.6 Å². The molecule has 0 radical (unpaired) electrons. The lowest BCUT2D eigenvalue weighted by Crippen LogP contribution is -2.55. The highest BCUT2D eigenvalue weighted by Crippen LogP contribution is 2.79. The Bertz CT molecular complexity index is 431. The molecule has 4 aliphatic carbocycles. The third kappa shape index (κ3) is 1.94. The topological polar surface area (TPSA) is 54.4 Å². The van der Waals surface area contributed by atoms with Gasteiger partial charge in [0.2, 0.25) is 0 Å². The van der Waals surface area contributed by atoms with Crippen LogP contribution < -0.4 is 0 Å². The fraction of sp³-hybridized carbons (Fsp3) is 0.917. The molecule has 4 saturated carbocycles. The highest BCUT2D eigenvalue weighted by Gasteiger charge is 2.63. The van der Waals surface area contributed by atoms with Crippen LogP contribution in [0.25, 0.3) is 0 Å². The summed E-state index contributed by atoms with van der Waals surface area (Å²) in [5.41, 5.74) is -0.199. The van der Waals surface area contributed by atoms with Crippen LogP contribution in [0.1, 0.15) is 44.9 Å². The molecule has 3 nitrogen and oxygen atoms in total. The summed E-state index contributed by atoms with van der Waals surface area (Å²) in [4.78, 5) is 11.1. The minimum atomic E-state index is -3.20. The predicted octanol–water partition coefficient (Wildman–Crippen LogP) is 4.47. The van der Waals surface area contributed by atoms with Crippen LogP contribution in [-0.4, -0.2) is 16.2 Å². The Labute approximate surface area is 116 Å². The Morgan fingerprint density at radius 1 is 1.22 bits per heavy atom. The van der Waals surface area contributed by atoms with E-state index in [1.54, 1.807) is 0 Å². The number of aliphatic carboxylic acids is 1. The van der Waals surface area contributed by atoms with Crippen molar-refractivity contribution in [3.8, 4) is 0 Å². The van der Waals surface area contributed by atoms with E-state index in [-0.39, 0.29) is 11.8 Å². The Morgan fingerprint density at radius 3 is 2.22 bits per heavy atom. The Morgan fingerprint density at radius 2 is 1.78 bits per heavy atom. The third-order valence-corrected chi connectivity index (χ3v) is 9.01. The van der Waals surface area contributed by atoms with Gasteiger partial charge in [-0.1, -0.05) is 0 Å². The van der Waals surface area contributed by atoms with Crippen molar-refractivity contribution in [1.29, 1.82) is 0 Å². The molecule has 102 valence electrons. The number of carboxylic acids is 1. The summed E-state index contributed by atoms with van der Waals surface area (Å²) in [7, 11) is 0. The fourth-order valence-corrected chi connectivity index (χ4v) is 7.88. The molecule has 0 aromatic heterocycles. The maximum atomic E-state index is 12.3. The summed E-state index contributed by atoms with van der Waals surface area (Å²) in [5, 5.41) is 8.63. The van der Waals surface area contributed by atoms with Crippen molar-refractivity contribution in [3.05, 3.63) is 0 Å². The van der Waals surface area contributed by atoms with Gasteiger partial charge in [0.15, 0.2) is 0 Å². The predicted molar refractivity (Wildman–Crippen MR) is 71.4 cm³/mol. The van der Waals surface area contributed by atoms with Gasteiger partial charge < -0.3 is 5.11 Å². The summed E-state index contributed by atoms with van der Waals surface area (Å²) < 4.78 is 12.3. The summed E-state index contributed by atoms with van der Waals surface area (Å²) in [6.45, 7) is 0. The summed E-state index contributed by atoms with van der Waals surface area (Å²) >= 11 is 12.1. The summed E-state index contributed by atoms with van der Waals surface area (Å²) in [6, 6.07) is 0. The Kier molecular flexibility index (Phi) is 2.87. The van der Waals surface area contributed by atoms with Gasteiger partial charge in [0.05, 0.1) is 11.6 Å². The Balaban J connectivity index is 1.98. The van der Waals surface area contributed by atoms with Crippen molar-refractivity contribution < 1.29 is 14.5 Å². The number of hydrogen-bond donors (Lipinski definition) is 1. The smallest absolute Gasteiger partial charge is 0.303 e. The van der Waals surface area contributed by atoms with Crippen molar-refractivity contribution in [3.63, 3.8) is 0 Å². The van der Waals surface area contributed by atoms with Crippen LogP contribution in [0.3, 0.4) is 0 Å². The SMILES string of the molecule is O=C(O)CC12C[C@@H]3C[C@@H](C1)CC(P(=O)(Cl)Cl)(C3)C2. The lowest BCUT2D eigenvalue weighted by Gasteiger charge is -2.61. The molecule has 0 spiro atoms. The van der Waals surface area contributed by atoms with E-state index in [0.717, 1.165) is 32.1 Å². The van der Waals surface area contributed by atoms with Gasteiger partial charge in [0.25, 0.3) is 5.85 Å². The first-order valence-corrected chi connectivity index (χ1v) is 9.97. The van der Waals surface area contributed by atoms with E-state index in [2.05, 4.69) is 0 Å². The van der Waals surface area contributed by atoms with E-state index >= 15 is 0 Å². The maximum absolute atomic E-state index is 12.3. The molecule has 0 saturated heterocycles. The number of carboxylic acid groups (broad SMARTS) is 1. The number of hydrogen-bond acceptors (Lipinski definition) is 2. The lowest BCUT2D eigenvalue weighted by molar-refractivity contribution is -0.144.